The molecule has 102 valence electrons. The number of furan rings is 1. The highest BCUT2D eigenvalue weighted by atomic mass is 35.5. The highest BCUT2D eigenvalue weighted by molar-refractivity contribution is 6.31. The lowest BCUT2D eigenvalue weighted by molar-refractivity contribution is -0.0537. The molecule has 3 rings (SSSR count). The quantitative estimate of drug-likeness (QED) is 0.935. The Morgan fingerprint density at radius 2 is 2.11 bits per heavy atom. The highest BCUT2D eigenvalue weighted by Gasteiger charge is 2.23. The molecular weight excluding hydrogens is 266 g/mol. The molecule has 1 N–H and O–H groups in total. The Balaban J connectivity index is 1.83. The van der Waals surface area contributed by atoms with Gasteiger partial charge in [-0.15, -0.1) is 0 Å². The van der Waals surface area contributed by atoms with Gasteiger partial charge in [-0.1, -0.05) is 11.6 Å². The lowest BCUT2D eigenvalue weighted by Crippen LogP contribution is -2.22. The first kappa shape index (κ1) is 12.9. The van der Waals surface area contributed by atoms with Gasteiger partial charge in [0, 0.05) is 16.8 Å². The average Bonchev–Trinajstić information content (AvgIpc) is 3.03. The molecule has 0 saturated carbocycles. The zero-order valence-electron chi connectivity index (χ0n) is 10.7. The van der Waals surface area contributed by atoms with Gasteiger partial charge in [-0.05, 0) is 31.3 Å². The summed E-state index contributed by atoms with van der Waals surface area (Å²) in [5.41, 5.74) is 0.841. The summed E-state index contributed by atoms with van der Waals surface area (Å²) in [6, 6.07) is 7.69. The van der Waals surface area contributed by atoms with Crippen LogP contribution in [0.2, 0.25) is 5.02 Å². The Morgan fingerprint density at radius 3 is 2.84 bits per heavy atom. The van der Waals surface area contributed by atoms with Crippen molar-refractivity contribution in [2.75, 3.05) is 20.3 Å². The topological polar surface area (TPSA) is 43.6 Å². The van der Waals surface area contributed by atoms with E-state index < -0.39 is 0 Å². The summed E-state index contributed by atoms with van der Waals surface area (Å²) in [7, 11) is 1.90. The van der Waals surface area contributed by atoms with Crippen molar-refractivity contribution in [1.82, 2.24) is 5.32 Å². The van der Waals surface area contributed by atoms with Crippen LogP contribution in [0.5, 0.6) is 0 Å². The lowest BCUT2D eigenvalue weighted by Gasteiger charge is -2.17. The van der Waals surface area contributed by atoms with Crippen LogP contribution in [-0.2, 0) is 9.47 Å². The second-order valence-corrected chi connectivity index (χ2v) is 5.02. The van der Waals surface area contributed by atoms with E-state index in [0.29, 0.717) is 18.2 Å². The van der Waals surface area contributed by atoms with Gasteiger partial charge in [0.15, 0.2) is 6.29 Å². The van der Waals surface area contributed by atoms with Crippen molar-refractivity contribution in [3.05, 3.63) is 35.0 Å². The van der Waals surface area contributed by atoms with E-state index in [1.54, 1.807) is 0 Å². The maximum absolute atomic E-state index is 5.98. The molecule has 1 aromatic carbocycles. The average molecular weight is 282 g/mol. The predicted molar refractivity (Wildman–Crippen MR) is 73.3 cm³/mol. The fraction of sp³-hybridized carbons (Fsp3) is 0.429. The summed E-state index contributed by atoms with van der Waals surface area (Å²) >= 11 is 5.98. The molecule has 1 aliphatic rings. The maximum atomic E-state index is 5.98. The zero-order chi connectivity index (χ0) is 13.2. The number of benzene rings is 1. The molecule has 1 saturated heterocycles. The number of hydrogen-bond acceptors (Lipinski definition) is 4. The Labute approximate surface area is 116 Å². The summed E-state index contributed by atoms with van der Waals surface area (Å²) in [5, 5.41) is 4.96. The SMILES string of the molecule is CNC(CC1OCCO1)c1cc2cc(Cl)ccc2o1. The number of halogens is 1. The normalized spacial score (nSPS) is 18.2. The first-order valence-corrected chi connectivity index (χ1v) is 6.73. The minimum absolute atomic E-state index is 0.0641. The standard InChI is InChI=1S/C14H16ClNO3/c1-16-11(8-14-17-4-5-18-14)13-7-9-6-10(15)2-3-12(9)19-13/h2-3,6-7,11,14,16H,4-5,8H2,1H3. The Hall–Kier alpha value is -1.07. The molecule has 19 heavy (non-hydrogen) atoms. The fourth-order valence-electron chi connectivity index (χ4n) is 2.32. The summed E-state index contributed by atoms with van der Waals surface area (Å²) in [6.45, 7) is 1.33. The van der Waals surface area contributed by atoms with Gasteiger partial charge in [0.05, 0.1) is 19.3 Å². The van der Waals surface area contributed by atoms with Crippen molar-refractivity contribution in [1.29, 1.82) is 0 Å². The van der Waals surface area contributed by atoms with E-state index in [4.69, 9.17) is 25.5 Å². The van der Waals surface area contributed by atoms with Crippen LogP contribution in [0.25, 0.3) is 11.0 Å². The van der Waals surface area contributed by atoms with Gasteiger partial charge in [0.25, 0.3) is 0 Å². The minimum Gasteiger partial charge on any atom is -0.459 e. The van der Waals surface area contributed by atoms with Gasteiger partial charge in [-0.25, -0.2) is 0 Å². The van der Waals surface area contributed by atoms with Crippen LogP contribution < -0.4 is 5.32 Å². The molecule has 5 heteroatoms. The maximum Gasteiger partial charge on any atom is 0.159 e. The first-order valence-electron chi connectivity index (χ1n) is 6.36. The predicted octanol–water partition coefficient (Wildman–Crippen LogP) is 3.11. The molecule has 0 radical (unpaired) electrons. The first-order chi connectivity index (χ1) is 9.26. The molecule has 0 amide bonds. The van der Waals surface area contributed by atoms with E-state index in [1.807, 2.05) is 31.3 Å². The summed E-state index contributed by atoms with van der Waals surface area (Å²) in [6.07, 6.45) is 0.568. The number of fused-ring (bicyclic) bond motifs is 1. The van der Waals surface area contributed by atoms with Crippen LogP contribution in [0.15, 0.2) is 28.7 Å². The molecule has 2 heterocycles. The van der Waals surface area contributed by atoms with E-state index in [0.717, 1.165) is 23.2 Å². The summed E-state index contributed by atoms with van der Waals surface area (Å²) in [5.74, 6) is 0.874. The third kappa shape index (κ3) is 2.77. The smallest absolute Gasteiger partial charge is 0.159 e. The number of nitrogens with one attached hydrogen (secondary N) is 1. The third-order valence-electron chi connectivity index (χ3n) is 3.31. The number of hydrogen-bond donors (Lipinski definition) is 1. The van der Waals surface area contributed by atoms with Crippen molar-refractivity contribution in [2.24, 2.45) is 0 Å². The van der Waals surface area contributed by atoms with E-state index in [2.05, 4.69) is 5.32 Å². The van der Waals surface area contributed by atoms with Crippen LogP contribution in [-0.4, -0.2) is 26.6 Å². The van der Waals surface area contributed by atoms with Crippen LogP contribution >= 0.6 is 11.6 Å². The number of ether oxygens (including phenoxy) is 2. The van der Waals surface area contributed by atoms with Crippen molar-refractivity contribution < 1.29 is 13.9 Å². The molecule has 0 spiro atoms. The van der Waals surface area contributed by atoms with Crippen molar-refractivity contribution in [3.8, 4) is 0 Å². The van der Waals surface area contributed by atoms with Gasteiger partial charge in [-0.3, -0.25) is 0 Å². The van der Waals surface area contributed by atoms with E-state index in [9.17, 15) is 0 Å². The van der Waals surface area contributed by atoms with Gasteiger partial charge in [0.2, 0.25) is 0 Å². The zero-order valence-corrected chi connectivity index (χ0v) is 11.4. The third-order valence-corrected chi connectivity index (χ3v) is 3.54. The van der Waals surface area contributed by atoms with E-state index in [1.165, 1.54) is 0 Å². The number of rotatable bonds is 4. The molecule has 1 atom stereocenters. The van der Waals surface area contributed by atoms with Gasteiger partial charge in [0.1, 0.15) is 11.3 Å². The van der Waals surface area contributed by atoms with Crippen molar-refractivity contribution in [2.45, 2.75) is 18.8 Å². The van der Waals surface area contributed by atoms with Crippen LogP contribution in [0.3, 0.4) is 0 Å². The lowest BCUT2D eigenvalue weighted by atomic mass is 10.1. The second-order valence-electron chi connectivity index (χ2n) is 4.58. The van der Waals surface area contributed by atoms with Gasteiger partial charge in [-0.2, -0.15) is 0 Å². The largest absolute Gasteiger partial charge is 0.459 e. The molecule has 1 unspecified atom stereocenters. The Morgan fingerprint density at radius 1 is 1.32 bits per heavy atom. The molecular formula is C14H16ClNO3. The molecule has 1 aliphatic heterocycles. The van der Waals surface area contributed by atoms with E-state index in [-0.39, 0.29) is 12.3 Å². The molecule has 1 fully saturated rings. The van der Waals surface area contributed by atoms with Crippen molar-refractivity contribution in [3.63, 3.8) is 0 Å². The van der Waals surface area contributed by atoms with E-state index >= 15 is 0 Å². The second kappa shape index (κ2) is 5.51. The molecule has 2 aromatic rings. The highest BCUT2D eigenvalue weighted by Crippen LogP contribution is 2.29. The molecule has 0 bridgehead atoms. The summed E-state index contributed by atoms with van der Waals surface area (Å²) in [4.78, 5) is 0. The Kier molecular flexibility index (Phi) is 3.75. The molecule has 1 aromatic heterocycles. The van der Waals surface area contributed by atoms with Crippen LogP contribution in [0, 0.1) is 0 Å². The summed E-state index contributed by atoms with van der Waals surface area (Å²) < 4.78 is 16.8. The van der Waals surface area contributed by atoms with Gasteiger partial charge < -0.3 is 19.2 Å². The molecule has 0 aliphatic carbocycles. The van der Waals surface area contributed by atoms with Crippen LogP contribution in [0.1, 0.15) is 18.2 Å². The molecule has 4 nitrogen and oxygen atoms in total. The van der Waals surface area contributed by atoms with Gasteiger partial charge >= 0.3 is 0 Å². The fourth-order valence-corrected chi connectivity index (χ4v) is 2.50. The monoisotopic (exact) mass is 281 g/mol. The van der Waals surface area contributed by atoms with Crippen molar-refractivity contribution >= 4 is 22.6 Å². The Bertz CT molecular complexity index is 563. The minimum atomic E-state index is -0.158. The van der Waals surface area contributed by atoms with Crippen LogP contribution in [0.4, 0.5) is 0 Å².